The number of esters is 1. The predicted molar refractivity (Wildman–Crippen MR) is 172 cm³/mol. The van der Waals surface area contributed by atoms with E-state index in [1.807, 2.05) is 32.2 Å². The maximum absolute atomic E-state index is 14.7. The number of likely N-dealkylation sites (tertiary alicyclic amines) is 1. The van der Waals surface area contributed by atoms with Crippen LogP contribution >= 0.6 is 11.6 Å². The lowest BCUT2D eigenvalue weighted by Gasteiger charge is -2.39. The molecular weight excluding hydrogens is 630 g/mol. The van der Waals surface area contributed by atoms with Gasteiger partial charge < -0.3 is 29.2 Å². The van der Waals surface area contributed by atoms with Gasteiger partial charge in [0.25, 0.3) is 5.91 Å². The van der Waals surface area contributed by atoms with Crippen LogP contribution in [0.2, 0.25) is 23.7 Å². The summed E-state index contributed by atoms with van der Waals surface area (Å²) < 4.78 is 12.0. The predicted octanol–water partition coefficient (Wildman–Crippen LogP) is 3.68. The molecule has 246 valence electrons. The molecule has 11 nitrogen and oxygen atoms in total. The molecule has 6 rings (SSSR count). The number of carbonyl (C=O) groups is 4. The van der Waals surface area contributed by atoms with Gasteiger partial charge in [-0.25, -0.2) is 0 Å². The van der Waals surface area contributed by atoms with Crippen LogP contribution in [-0.2, 0) is 40.8 Å². The van der Waals surface area contributed by atoms with E-state index in [2.05, 4.69) is 0 Å². The van der Waals surface area contributed by atoms with Crippen LogP contribution in [0, 0.1) is 5.92 Å². The van der Waals surface area contributed by atoms with Crippen molar-refractivity contribution < 1.29 is 38.6 Å². The summed E-state index contributed by atoms with van der Waals surface area (Å²) in [5.74, 6) is -1.52. The van der Waals surface area contributed by atoms with E-state index in [-0.39, 0.29) is 49.8 Å². The lowest BCUT2D eigenvalue weighted by atomic mass is 9.82. The Morgan fingerprint density at radius 2 is 1.87 bits per heavy atom. The van der Waals surface area contributed by atoms with Crippen LogP contribution in [0.25, 0.3) is 0 Å². The van der Waals surface area contributed by atoms with Crippen LogP contribution in [-0.4, -0.2) is 78.3 Å². The minimum atomic E-state index is -2.99. The lowest BCUT2D eigenvalue weighted by molar-refractivity contribution is -0.154. The molecule has 0 aliphatic carbocycles. The second-order valence-corrected chi connectivity index (χ2v) is 17.8. The van der Waals surface area contributed by atoms with Gasteiger partial charge in [-0.3, -0.25) is 24.1 Å². The molecule has 4 heterocycles. The van der Waals surface area contributed by atoms with Crippen molar-refractivity contribution in [3.63, 3.8) is 0 Å². The summed E-state index contributed by atoms with van der Waals surface area (Å²) >= 11 is 6.50. The summed E-state index contributed by atoms with van der Waals surface area (Å²) in [7, 11) is -2.99. The standard InChI is InChI=1S/C33H40ClN3O8Si/c1-19-31(46(3,4)43)27(15-28(40)35-13-5-6-24(35)18-38)45-33(19)25-14-22(34)9-12-26(25)36(32(33)42)17-21-7-10-23(11-8-21)37-29(41)16-30(37)44-20(2)39/h7-12,14,19,24,27,30-31,38,43H,5-6,13,15-18H2,1-4H3/t19-,24+,27+,30?,31-,33+/m1/s1. The number of aliphatic hydroxyl groups excluding tert-OH is 1. The molecule has 0 aromatic heterocycles. The summed E-state index contributed by atoms with van der Waals surface area (Å²) in [6.07, 6.45) is 0.333. The van der Waals surface area contributed by atoms with Crippen molar-refractivity contribution in [3.05, 3.63) is 58.6 Å². The summed E-state index contributed by atoms with van der Waals surface area (Å²) in [6.45, 7) is 7.49. The topological polar surface area (TPSA) is 137 Å². The number of hydrogen-bond donors (Lipinski definition) is 2. The summed E-state index contributed by atoms with van der Waals surface area (Å²) in [5, 5.41) is 10.3. The maximum atomic E-state index is 14.7. The Labute approximate surface area is 274 Å². The number of β-lactam (4-membered cyclic amide) rings is 1. The third-order valence-corrected chi connectivity index (χ3v) is 12.7. The summed E-state index contributed by atoms with van der Waals surface area (Å²) in [4.78, 5) is 68.2. The highest BCUT2D eigenvalue weighted by atomic mass is 35.5. The number of rotatable bonds is 8. The number of amides is 3. The first-order valence-corrected chi connectivity index (χ1v) is 19.2. The van der Waals surface area contributed by atoms with Gasteiger partial charge in [0.15, 0.2) is 20.1 Å². The van der Waals surface area contributed by atoms with E-state index < -0.39 is 43.7 Å². The maximum Gasteiger partial charge on any atom is 0.304 e. The highest BCUT2D eigenvalue weighted by Crippen LogP contribution is 2.60. The molecule has 0 radical (unpaired) electrons. The quantitative estimate of drug-likeness (QED) is 0.247. The molecule has 1 spiro atoms. The van der Waals surface area contributed by atoms with Crippen LogP contribution in [0.15, 0.2) is 42.5 Å². The zero-order valence-electron chi connectivity index (χ0n) is 26.4. The van der Waals surface area contributed by atoms with Crippen molar-refractivity contribution in [2.45, 2.75) is 88.7 Å². The molecule has 46 heavy (non-hydrogen) atoms. The van der Waals surface area contributed by atoms with E-state index >= 15 is 0 Å². The smallest absolute Gasteiger partial charge is 0.304 e. The van der Waals surface area contributed by atoms with Crippen LogP contribution in [0.5, 0.6) is 0 Å². The minimum Gasteiger partial charge on any atom is -0.441 e. The number of carbonyl (C=O) groups excluding carboxylic acids is 4. The molecule has 3 amide bonds. The Kier molecular flexibility index (Phi) is 8.56. The van der Waals surface area contributed by atoms with Gasteiger partial charge in [-0.05, 0) is 61.8 Å². The fourth-order valence-corrected chi connectivity index (χ4v) is 10.7. The zero-order chi connectivity index (χ0) is 33.1. The number of anilines is 2. The van der Waals surface area contributed by atoms with E-state index in [0.717, 1.165) is 18.4 Å². The van der Waals surface area contributed by atoms with E-state index in [9.17, 15) is 29.1 Å². The van der Waals surface area contributed by atoms with Gasteiger partial charge in [0.1, 0.15) is 0 Å². The molecule has 4 aliphatic rings. The fraction of sp³-hybridized carbons (Fsp3) is 0.515. The van der Waals surface area contributed by atoms with Gasteiger partial charge in [-0.1, -0.05) is 30.7 Å². The van der Waals surface area contributed by atoms with Crippen molar-refractivity contribution in [1.29, 1.82) is 0 Å². The average Bonchev–Trinajstić information content (AvgIpc) is 3.64. The monoisotopic (exact) mass is 669 g/mol. The molecule has 0 bridgehead atoms. The molecular formula is C33H40ClN3O8Si. The van der Waals surface area contributed by atoms with E-state index in [0.29, 0.717) is 28.5 Å². The molecule has 2 aromatic carbocycles. The highest BCUT2D eigenvalue weighted by molar-refractivity contribution is 6.71. The Bertz CT molecular complexity index is 1560. The first-order chi connectivity index (χ1) is 21.8. The van der Waals surface area contributed by atoms with Crippen LogP contribution in [0.4, 0.5) is 11.4 Å². The van der Waals surface area contributed by atoms with E-state index in [1.54, 1.807) is 40.1 Å². The molecule has 4 aliphatic heterocycles. The third-order valence-electron chi connectivity index (χ3n) is 9.99. The van der Waals surface area contributed by atoms with Gasteiger partial charge >= 0.3 is 5.97 Å². The molecule has 3 fully saturated rings. The molecule has 0 saturated carbocycles. The number of ether oxygens (including phenoxy) is 2. The number of benzene rings is 2. The Morgan fingerprint density at radius 3 is 2.50 bits per heavy atom. The molecule has 3 saturated heterocycles. The van der Waals surface area contributed by atoms with Crippen molar-refractivity contribution in [1.82, 2.24) is 4.90 Å². The summed E-state index contributed by atoms with van der Waals surface area (Å²) in [6, 6.07) is 12.2. The molecule has 2 aromatic rings. The second-order valence-electron chi connectivity index (χ2n) is 13.4. The van der Waals surface area contributed by atoms with Gasteiger partial charge in [0.05, 0.1) is 43.8 Å². The lowest BCUT2D eigenvalue weighted by Crippen LogP contribution is -2.54. The van der Waals surface area contributed by atoms with E-state index in [4.69, 9.17) is 21.1 Å². The minimum absolute atomic E-state index is 0.00154. The Balaban J connectivity index is 1.30. The number of fused-ring (bicyclic) bond motifs is 2. The second kappa shape index (κ2) is 12.1. The van der Waals surface area contributed by atoms with Crippen molar-refractivity contribution in [3.8, 4) is 0 Å². The van der Waals surface area contributed by atoms with Crippen LogP contribution in [0.1, 0.15) is 50.7 Å². The normalized spacial score (nSPS) is 29.0. The molecule has 13 heteroatoms. The fourth-order valence-electron chi connectivity index (χ4n) is 7.98. The SMILES string of the molecule is CC(=O)OC1CC(=O)N1c1ccc(CN2C(=O)[C@@]3(O[C@@H](CC(=O)N4CCC[C@H]4CO)[C@H]([Si](C)(C)O)[C@H]3C)c3cc(Cl)ccc32)cc1. The Morgan fingerprint density at radius 1 is 1.15 bits per heavy atom. The van der Waals surface area contributed by atoms with Gasteiger partial charge in [0.2, 0.25) is 11.8 Å². The number of hydrogen-bond acceptors (Lipinski definition) is 8. The number of halogens is 1. The van der Waals surface area contributed by atoms with Crippen molar-refractivity contribution >= 4 is 55.0 Å². The van der Waals surface area contributed by atoms with Crippen molar-refractivity contribution in [2.24, 2.45) is 5.92 Å². The summed E-state index contributed by atoms with van der Waals surface area (Å²) in [5.41, 5.74) is 0.745. The number of aliphatic hydroxyl groups is 1. The first kappa shape index (κ1) is 32.6. The largest absolute Gasteiger partial charge is 0.441 e. The average molecular weight is 670 g/mol. The zero-order valence-corrected chi connectivity index (χ0v) is 28.2. The van der Waals surface area contributed by atoms with Crippen molar-refractivity contribution in [2.75, 3.05) is 23.0 Å². The molecule has 2 N–H and O–H groups in total. The van der Waals surface area contributed by atoms with Crippen LogP contribution < -0.4 is 9.80 Å². The van der Waals surface area contributed by atoms with Gasteiger partial charge in [-0.2, -0.15) is 0 Å². The molecule has 1 unspecified atom stereocenters. The Hall–Kier alpha value is -3.29. The van der Waals surface area contributed by atoms with Gasteiger partial charge in [-0.15, -0.1) is 0 Å². The third kappa shape index (κ3) is 5.43. The van der Waals surface area contributed by atoms with E-state index in [1.165, 1.54) is 11.8 Å². The highest BCUT2D eigenvalue weighted by Gasteiger charge is 2.66. The first-order valence-electron chi connectivity index (χ1n) is 15.8. The van der Waals surface area contributed by atoms with Gasteiger partial charge in [0, 0.05) is 41.2 Å². The molecule has 6 atom stereocenters. The van der Waals surface area contributed by atoms with Crippen LogP contribution in [0.3, 0.4) is 0 Å². The number of nitrogens with zero attached hydrogens (tertiary/aromatic N) is 3.